The van der Waals surface area contributed by atoms with Crippen LogP contribution in [0.4, 0.5) is 5.95 Å². The first-order chi connectivity index (χ1) is 14.2. The molecule has 29 heavy (non-hydrogen) atoms. The predicted octanol–water partition coefficient (Wildman–Crippen LogP) is 3.62. The van der Waals surface area contributed by atoms with E-state index >= 15 is 0 Å². The molecule has 1 aliphatic heterocycles. The molecule has 2 heterocycles. The van der Waals surface area contributed by atoms with Crippen LogP contribution in [0.1, 0.15) is 41.6 Å². The number of rotatable bonds is 5. The van der Waals surface area contributed by atoms with Gasteiger partial charge in [-0.05, 0) is 80.1 Å². The topological polar surface area (TPSA) is 78.9 Å². The third-order valence-corrected chi connectivity index (χ3v) is 5.67. The number of anilines is 1. The van der Waals surface area contributed by atoms with Crippen LogP contribution < -0.4 is 16.0 Å². The molecule has 3 N–H and O–H groups in total. The van der Waals surface area contributed by atoms with Crippen molar-refractivity contribution in [3.8, 4) is 11.1 Å². The van der Waals surface area contributed by atoms with Gasteiger partial charge in [0.05, 0.1) is 11.7 Å². The minimum Gasteiger partial charge on any atom is -0.349 e. The van der Waals surface area contributed by atoms with Crippen LogP contribution in [0.2, 0.25) is 0 Å². The fourth-order valence-corrected chi connectivity index (χ4v) is 3.80. The molecule has 148 valence electrons. The van der Waals surface area contributed by atoms with Gasteiger partial charge in [0.15, 0.2) is 0 Å². The molecule has 0 spiro atoms. The summed E-state index contributed by atoms with van der Waals surface area (Å²) in [6.07, 6.45) is 6.54. The third-order valence-electron chi connectivity index (χ3n) is 5.67. The zero-order chi connectivity index (χ0) is 19.8. The van der Waals surface area contributed by atoms with E-state index in [2.05, 4.69) is 45.0 Å². The molecule has 0 unspecified atom stereocenters. The number of carbonyl (C=O) groups is 1. The third kappa shape index (κ3) is 3.93. The van der Waals surface area contributed by atoms with E-state index < -0.39 is 0 Å². The van der Waals surface area contributed by atoms with E-state index in [1.165, 1.54) is 6.42 Å². The highest BCUT2D eigenvalue weighted by Crippen LogP contribution is 2.28. The second-order valence-corrected chi connectivity index (χ2v) is 8.04. The smallest absolute Gasteiger partial charge is 0.251 e. The number of hydrogen-bond acceptors (Lipinski definition) is 5. The molecule has 0 bridgehead atoms. The van der Waals surface area contributed by atoms with Gasteiger partial charge < -0.3 is 10.6 Å². The van der Waals surface area contributed by atoms with E-state index in [4.69, 9.17) is 0 Å². The van der Waals surface area contributed by atoms with Crippen LogP contribution in [0.25, 0.3) is 22.0 Å². The number of nitrogens with one attached hydrogen (secondary N) is 3. The molecule has 0 radical (unpaired) electrons. The maximum Gasteiger partial charge on any atom is 0.251 e. The van der Waals surface area contributed by atoms with Crippen LogP contribution in [-0.2, 0) is 0 Å². The maximum absolute atomic E-state index is 12.4. The van der Waals surface area contributed by atoms with E-state index in [0.717, 1.165) is 53.4 Å². The summed E-state index contributed by atoms with van der Waals surface area (Å²) < 4.78 is 0. The van der Waals surface area contributed by atoms with Gasteiger partial charge in [-0.2, -0.15) is 0 Å². The van der Waals surface area contributed by atoms with E-state index in [9.17, 15) is 4.79 Å². The predicted molar refractivity (Wildman–Crippen MR) is 115 cm³/mol. The van der Waals surface area contributed by atoms with Crippen LogP contribution >= 0.6 is 0 Å². The standard InChI is InChI=1S/C23H25N5O/c1-14-4-5-16(22(29)26-18-7-8-18)12-19(14)15-6-9-20-17(11-15)13-25-23(27-20)28-21-3-2-10-24-21/h4-6,9,11-13,18,21,24H,2-3,7-8,10H2,1H3,(H,26,29)(H,25,27,28)/t21-/m1/s1. The molecule has 1 aliphatic carbocycles. The summed E-state index contributed by atoms with van der Waals surface area (Å²) in [6.45, 7) is 3.10. The van der Waals surface area contributed by atoms with Crippen molar-refractivity contribution in [2.75, 3.05) is 11.9 Å². The van der Waals surface area contributed by atoms with Gasteiger partial charge in [0.1, 0.15) is 0 Å². The molecule has 6 nitrogen and oxygen atoms in total. The molecule has 1 amide bonds. The van der Waals surface area contributed by atoms with Gasteiger partial charge >= 0.3 is 0 Å². The summed E-state index contributed by atoms with van der Waals surface area (Å²) >= 11 is 0. The van der Waals surface area contributed by atoms with Crippen molar-refractivity contribution in [2.24, 2.45) is 0 Å². The van der Waals surface area contributed by atoms with Crippen molar-refractivity contribution in [1.29, 1.82) is 0 Å². The Morgan fingerprint density at radius 2 is 2.03 bits per heavy atom. The summed E-state index contributed by atoms with van der Waals surface area (Å²) in [5.74, 6) is 0.661. The van der Waals surface area contributed by atoms with Crippen molar-refractivity contribution < 1.29 is 4.79 Å². The van der Waals surface area contributed by atoms with E-state index in [-0.39, 0.29) is 12.1 Å². The lowest BCUT2D eigenvalue weighted by molar-refractivity contribution is 0.0951. The number of carbonyl (C=O) groups excluding carboxylic acids is 1. The zero-order valence-corrected chi connectivity index (χ0v) is 16.5. The van der Waals surface area contributed by atoms with Gasteiger partial charge in [-0.3, -0.25) is 10.1 Å². The van der Waals surface area contributed by atoms with Crippen molar-refractivity contribution in [3.63, 3.8) is 0 Å². The quantitative estimate of drug-likeness (QED) is 0.623. The molecule has 5 rings (SSSR count). The van der Waals surface area contributed by atoms with Crippen LogP contribution in [0.5, 0.6) is 0 Å². The Labute approximate surface area is 170 Å². The second-order valence-electron chi connectivity index (χ2n) is 8.04. The fourth-order valence-electron chi connectivity index (χ4n) is 3.80. The highest BCUT2D eigenvalue weighted by Gasteiger charge is 2.24. The van der Waals surface area contributed by atoms with Crippen LogP contribution in [0, 0.1) is 6.92 Å². The largest absolute Gasteiger partial charge is 0.349 e. The van der Waals surface area contributed by atoms with Crippen molar-refractivity contribution in [2.45, 2.75) is 44.8 Å². The molecule has 1 atom stereocenters. The average Bonchev–Trinajstić information content (AvgIpc) is 3.40. The van der Waals surface area contributed by atoms with Crippen LogP contribution in [0.15, 0.2) is 42.6 Å². The fraction of sp³-hybridized carbons (Fsp3) is 0.348. The lowest BCUT2D eigenvalue weighted by Gasteiger charge is -2.13. The number of aromatic nitrogens is 2. The first-order valence-electron chi connectivity index (χ1n) is 10.3. The summed E-state index contributed by atoms with van der Waals surface area (Å²) in [6, 6.07) is 12.4. The van der Waals surface area contributed by atoms with Crippen molar-refractivity contribution in [3.05, 3.63) is 53.7 Å². The van der Waals surface area contributed by atoms with Crippen molar-refractivity contribution >= 4 is 22.8 Å². The van der Waals surface area contributed by atoms with Crippen molar-refractivity contribution in [1.82, 2.24) is 20.6 Å². The summed E-state index contributed by atoms with van der Waals surface area (Å²) in [7, 11) is 0. The molecule has 1 aromatic heterocycles. The minimum atomic E-state index is 0.00844. The number of hydrogen-bond donors (Lipinski definition) is 3. The molecule has 1 saturated carbocycles. The Hall–Kier alpha value is -2.99. The van der Waals surface area contributed by atoms with E-state index in [0.29, 0.717) is 17.6 Å². The Kier molecular flexibility index (Phi) is 4.64. The van der Waals surface area contributed by atoms with Gasteiger partial charge in [-0.15, -0.1) is 0 Å². The van der Waals surface area contributed by atoms with Gasteiger partial charge in [0.2, 0.25) is 5.95 Å². The Balaban J connectivity index is 1.42. The highest BCUT2D eigenvalue weighted by molar-refractivity contribution is 5.96. The summed E-state index contributed by atoms with van der Waals surface area (Å²) in [4.78, 5) is 21.6. The van der Waals surface area contributed by atoms with Gasteiger partial charge in [0.25, 0.3) is 5.91 Å². The van der Waals surface area contributed by atoms with Crippen LogP contribution in [0.3, 0.4) is 0 Å². The first kappa shape index (κ1) is 18.1. The number of benzene rings is 2. The second kappa shape index (κ2) is 7.44. The number of amides is 1. The number of aryl methyl sites for hydroxylation is 1. The molecule has 2 aromatic carbocycles. The molecule has 1 saturated heterocycles. The monoisotopic (exact) mass is 387 g/mol. The SMILES string of the molecule is Cc1ccc(C(=O)NC2CC2)cc1-c1ccc2nc(N[C@@H]3CCCN3)ncc2c1. The Morgan fingerprint density at radius 1 is 1.14 bits per heavy atom. The molecule has 3 aromatic rings. The zero-order valence-electron chi connectivity index (χ0n) is 16.5. The Morgan fingerprint density at radius 3 is 2.83 bits per heavy atom. The normalized spacial score (nSPS) is 18.7. The number of nitrogens with zero attached hydrogens (tertiary/aromatic N) is 2. The maximum atomic E-state index is 12.4. The van der Waals surface area contributed by atoms with Gasteiger partial charge in [-0.1, -0.05) is 12.1 Å². The van der Waals surface area contributed by atoms with E-state index in [1.54, 1.807) is 0 Å². The van der Waals surface area contributed by atoms with Crippen LogP contribution in [-0.4, -0.2) is 34.6 Å². The highest BCUT2D eigenvalue weighted by atomic mass is 16.1. The summed E-state index contributed by atoms with van der Waals surface area (Å²) in [5.41, 5.74) is 4.88. The molecule has 6 heteroatoms. The first-order valence-corrected chi connectivity index (χ1v) is 10.3. The Bertz CT molecular complexity index is 1070. The number of fused-ring (bicyclic) bond motifs is 1. The lowest BCUT2D eigenvalue weighted by Crippen LogP contribution is -2.30. The van der Waals surface area contributed by atoms with E-state index in [1.807, 2.05) is 30.5 Å². The minimum absolute atomic E-state index is 0.00844. The van der Waals surface area contributed by atoms with Gasteiger partial charge in [-0.25, -0.2) is 9.97 Å². The van der Waals surface area contributed by atoms with Gasteiger partial charge in [0, 0.05) is 23.2 Å². The summed E-state index contributed by atoms with van der Waals surface area (Å²) in [5, 5.41) is 10.8. The molecular weight excluding hydrogens is 362 g/mol. The molecule has 2 aliphatic rings. The molecular formula is C23H25N5O. The average molecular weight is 387 g/mol. The lowest BCUT2D eigenvalue weighted by atomic mass is 9.97. The molecule has 2 fully saturated rings.